The van der Waals surface area contributed by atoms with E-state index in [1.54, 1.807) is 6.08 Å². The molecule has 344 valence electrons. The van der Waals surface area contributed by atoms with E-state index in [1.165, 1.54) is 199 Å². The van der Waals surface area contributed by atoms with Gasteiger partial charge in [0.15, 0.2) is 0 Å². The van der Waals surface area contributed by atoms with Crippen molar-refractivity contribution in [2.45, 2.75) is 296 Å². The van der Waals surface area contributed by atoms with Crippen LogP contribution in [0.1, 0.15) is 284 Å². The van der Waals surface area contributed by atoms with Gasteiger partial charge in [0.05, 0.1) is 25.4 Å². The second-order valence-electron chi connectivity index (χ2n) is 17.9. The summed E-state index contributed by atoms with van der Waals surface area (Å²) in [4.78, 5) is 24.5. The Bertz CT molecular complexity index is 863. The van der Waals surface area contributed by atoms with E-state index in [2.05, 4.69) is 19.2 Å². The van der Waals surface area contributed by atoms with Crippen molar-refractivity contribution in [1.29, 1.82) is 0 Å². The van der Waals surface area contributed by atoms with Crippen LogP contribution in [0.15, 0.2) is 12.2 Å². The van der Waals surface area contributed by atoms with Gasteiger partial charge in [-0.3, -0.25) is 9.59 Å². The minimum absolute atomic E-state index is 0.0163. The van der Waals surface area contributed by atoms with Gasteiger partial charge < -0.3 is 20.3 Å². The number of carbonyl (C=O) groups is 2. The molecule has 6 heteroatoms. The summed E-state index contributed by atoms with van der Waals surface area (Å²) in [5, 5.41) is 23.0. The summed E-state index contributed by atoms with van der Waals surface area (Å²) in [6.45, 7) is 4.85. The Balaban J connectivity index is 3.45. The quantitative estimate of drug-likeness (QED) is 0.0323. The lowest BCUT2D eigenvalue weighted by atomic mass is 10.0. The Labute approximate surface area is 361 Å². The molecule has 0 aromatic carbocycles. The SMILES string of the molecule is CCCCCCCCCCCC/C=C/C(O)C(CO)NC(=O)CCCCCCCCCCCCOC(=O)CCCCCCCCCCCCCCCCCCCCC. The number of rotatable bonds is 48. The molecule has 6 nitrogen and oxygen atoms in total. The van der Waals surface area contributed by atoms with Crippen LogP contribution in [0.3, 0.4) is 0 Å². The summed E-state index contributed by atoms with van der Waals surface area (Å²) in [6, 6.07) is -0.642. The van der Waals surface area contributed by atoms with Crippen LogP contribution in [0, 0.1) is 0 Å². The third-order valence-corrected chi connectivity index (χ3v) is 12.1. The third kappa shape index (κ3) is 44.2. The first-order valence-electron chi connectivity index (χ1n) is 26.0. The number of carbonyl (C=O) groups excluding carboxylic acids is 2. The number of amides is 1. The number of aliphatic hydroxyl groups excluding tert-OH is 2. The highest BCUT2D eigenvalue weighted by Gasteiger charge is 2.18. The topological polar surface area (TPSA) is 95.9 Å². The molecule has 0 saturated heterocycles. The molecule has 0 saturated carbocycles. The Kier molecular flexibility index (Phi) is 47.1. The average Bonchev–Trinajstić information content (AvgIpc) is 3.22. The molecule has 0 aromatic rings. The Hall–Kier alpha value is -1.40. The molecule has 0 heterocycles. The van der Waals surface area contributed by atoms with Crippen molar-refractivity contribution >= 4 is 11.9 Å². The predicted molar refractivity (Wildman–Crippen MR) is 250 cm³/mol. The van der Waals surface area contributed by atoms with E-state index in [0.717, 1.165) is 57.8 Å². The molecule has 58 heavy (non-hydrogen) atoms. The zero-order chi connectivity index (χ0) is 42.3. The van der Waals surface area contributed by atoms with Gasteiger partial charge in [-0.25, -0.2) is 0 Å². The Morgan fingerprint density at radius 2 is 0.793 bits per heavy atom. The van der Waals surface area contributed by atoms with E-state index in [1.807, 2.05) is 6.08 Å². The maximum atomic E-state index is 12.4. The molecule has 0 rings (SSSR count). The molecule has 0 aliphatic rings. The lowest BCUT2D eigenvalue weighted by molar-refractivity contribution is -0.143. The van der Waals surface area contributed by atoms with Gasteiger partial charge in [-0.05, 0) is 32.1 Å². The Morgan fingerprint density at radius 3 is 1.17 bits per heavy atom. The summed E-state index contributed by atoms with van der Waals surface area (Å²) in [6.07, 6.45) is 55.0. The van der Waals surface area contributed by atoms with Crippen LogP contribution in [0.4, 0.5) is 0 Å². The second kappa shape index (κ2) is 48.3. The second-order valence-corrected chi connectivity index (χ2v) is 17.9. The van der Waals surface area contributed by atoms with Crippen LogP contribution < -0.4 is 5.32 Å². The highest BCUT2D eigenvalue weighted by atomic mass is 16.5. The number of hydrogen-bond acceptors (Lipinski definition) is 5. The van der Waals surface area contributed by atoms with E-state index < -0.39 is 12.1 Å². The molecule has 0 spiro atoms. The van der Waals surface area contributed by atoms with Crippen molar-refractivity contribution in [1.82, 2.24) is 5.32 Å². The number of ether oxygens (including phenoxy) is 1. The fraction of sp³-hybridized carbons (Fsp3) is 0.923. The molecular formula is C52H101NO5. The normalized spacial score (nSPS) is 12.7. The molecule has 0 aliphatic heterocycles. The molecule has 0 fully saturated rings. The van der Waals surface area contributed by atoms with Gasteiger partial charge in [0.2, 0.25) is 5.91 Å². The van der Waals surface area contributed by atoms with Crippen molar-refractivity contribution in [3.63, 3.8) is 0 Å². The van der Waals surface area contributed by atoms with Crippen LogP contribution in [0.2, 0.25) is 0 Å². The number of esters is 1. The first-order valence-corrected chi connectivity index (χ1v) is 26.0. The summed E-state index contributed by atoms with van der Waals surface area (Å²) in [5.41, 5.74) is 0. The zero-order valence-electron chi connectivity index (χ0n) is 39.0. The maximum absolute atomic E-state index is 12.4. The van der Waals surface area contributed by atoms with Crippen LogP contribution in [0.25, 0.3) is 0 Å². The lowest BCUT2D eigenvalue weighted by Gasteiger charge is -2.20. The lowest BCUT2D eigenvalue weighted by Crippen LogP contribution is -2.45. The molecule has 0 aliphatic carbocycles. The molecule has 2 unspecified atom stereocenters. The smallest absolute Gasteiger partial charge is 0.305 e. The molecule has 0 bridgehead atoms. The van der Waals surface area contributed by atoms with E-state index >= 15 is 0 Å². The molecule has 0 radical (unpaired) electrons. The van der Waals surface area contributed by atoms with Gasteiger partial charge in [-0.1, -0.05) is 251 Å². The van der Waals surface area contributed by atoms with Gasteiger partial charge in [-0.15, -0.1) is 0 Å². The molecule has 3 N–H and O–H groups in total. The van der Waals surface area contributed by atoms with Crippen LogP contribution in [0.5, 0.6) is 0 Å². The van der Waals surface area contributed by atoms with Gasteiger partial charge in [0.1, 0.15) is 0 Å². The average molecular weight is 820 g/mol. The molecule has 0 aromatic heterocycles. The molecule has 2 atom stereocenters. The van der Waals surface area contributed by atoms with Gasteiger partial charge in [0.25, 0.3) is 0 Å². The zero-order valence-corrected chi connectivity index (χ0v) is 39.0. The minimum Gasteiger partial charge on any atom is -0.466 e. The molecule has 1 amide bonds. The number of aliphatic hydroxyl groups is 2. The van der Waals surface area contributed by atoms with Crippen molar-refractivity contribution in [3.05, 3.63) is 12.2 Å². The van der Waals surface area contributed by atoms with Gasteiger partial charge in [-0.2, -0.15) is 0 Å². The summed E-state index contributed by atoms with van der Waals surface area (Å²) in [7, 11) is 0. The van der Waals surface area contributed by atoms with E-state index in [4.69, 9.17) is 4.74 Å². The summed E-state index contributed by atoms with van der Waals surface area (Å²) in [5.74, 6) is -0.106. The summed E-state index contributed by atoms with van der Waals surface area (Å²) < 4.78 is 5.47. The van der Waals surface area contributed by atoms with E-state index in [-0.39, 0.29) is 18.5 Å². The van der Waals surface area contributed by atoms with Gasteiger partial charge >= 0.3 is 5.97 Å². The predicted octanol–water partition coefficient (Wildman–Crippen LogP) is 15.3. The van der Waals surface area contributed by atoms with E-state index in [0.29, 0.717) is 19.4 Å². The number of unbranched alkanes of at least 4 members (excludes halogenated alkanes) is 37. The largest absolute Gasteiger partial charge is 0.466 e. The maximum Gasteiger partial charge on any atom is 0.305 e. The third-order valence-electron chi connectivity index (χ3n) is 12.1. The first-order chi connectivity index (χ1) is 28.5. The molecular weight excluding hydrogens is 719 g/mol. The number of hydrogen-bond donors (Lipinski definition) is 3. The number of allylic oxidation sites excluding steroid dienone is 1. The van der Waals surface area contributed by atoms with Gasteiger partial charge in [0, 0.05) is 12.8 Å². The van der Waals surface area contributed by atoms with Crippen molar-refractivity contribution in [3.8, 4) is 0 Å². The van der Waals surface area contributed by atoms with Crippen LogP contribution in [-0.2, 0) is 14.3 Å². The Morgan fingerprint density at radius 1 is 0.466 bits per heavy atom. The highest BCUT2D eigenvalue weighted by Crippen LogP contribution is 2.16. The number of nitrogens with one attached hydrogen (secondary N) is 1. The van der Waals surface area contributed by atoms with Crippen molar-refractivity contribution in [2.24, 2.45) is 0 Å². The summed E-state index contributed by atoms with van der Waals surface area (Å²) >= 11 is 0. The van der Waals surface area contributed by atoms with Crippen LogP contribution >= 0.6 is 0 Å². The van der Waals surface area contributed by atoms with Crippen LogP contribution in [-0.4, -0.2) is 47.4 Å². The van der Waals surface area contributed by atoms with E-state index in [9.17, 15) is 19.8 Å². The fourth-order valence-electron chi connectivity index (χ4n) is 8.05. The van der Waals surface area contributed by atoms with Crippen molar-refractivity contribution < 1.29 is 24.5 Å². The fourth-order valence-corrected chi connectivity index (χ4v) is 8.05. The minimum atomic E-state index is -0.856. The highest BCUT2D eigenvalue weighted by molar-refractivity contribution is 5.76. The van der Waals surface area contributed by atoms with Crippen molar-refractivity contribution in [2.75, 3.05) is 13.2 Å². The monoisotopic (exact) mass is 820 g/mol. The standard InChI is InChI=1S/C52H101NO5/c1-3-5-7-9-11-13-15-17-18-19-20-21-22-23-25-30-34-38-42-46-52(57)58-47-43-39-35-31-27-26-29-33-37-41-45-51(56)53-49(48-54)50(55)44-40-36-32-28-24-16-14-12-10-8-6-4-2/h40,44,49-50,54-55H,3-39,41-43,45-48H2,1-2H3,(H,53,56)/b44-40+. The first kappa shape index (κ1) is 56.6.